The average molecular weight is 806 g/mol. The maximum atomic E-state index is 12.7. The number of carbonyl (C=O) groups is 1. The summed E-state index contributed by atoms with van der Waals surface area (Å²) in [5, 5.41) is 17.1. The normalized spacial score (nSPS) is 42.9. The van der Waals surface area contributed by atoms with Gasteiger partial charge in [0.05, 0.1) is 0 Å². The first-order valence-corrected chi connectivity index (χ1v) is 25.0. The number of allylic oxidation sites excluding steroid dienone is 5. The lowest BCUT2D eigenvalue weighted by atomic mass is 9.33. The van der Waals surface area contributed by atoms with Crippen molar-refractivity contribution in [3.63, 3.8) is 0 Å². The van der Waals surface area contributed by atoms with Crippen molar-refractivity contribution in [2.24, 2.45) is 56.7 Å². The fourth-order valence-corrected chi connectivity index (χ4v) is 17.0. The molecule has 0 amide bonds. The van der Waals surface area contributed by atoms with Crippen LogP contribution in [-0.2, 0) is 14.3 Å². The minimum absolute atomic E-state index is 0.0269. The van der Waals surface area contributed by atoms with Gasteiger partial charge in [0.2, 0.25) is 0 Å². The average Bonchev–Trinajstić information content (AvgIpc) is 3.81. The van der Waals surface area contributed by atoms with E-state index >= 15 is 0 Å². The Balaban J connectivity index is 1.01. The summed E-state index contributed by atoms with van der Waals surface area (Å²) in [6.07, 6.45) is 19.9. The molecule has 1 saturated heterocycles. The number of hydrogen-bond donors (Lipinski definition) is 2. The second kappa shape index (κ2) is 14.4. The maximum absolute atomic E-state index is 12.7. The highest BCUT2D eigenvalue weighted by Crippen LogP contribution is 2.76. The molecule has 310 valence electrons. The molecule has 0 aromatic carbocycles. The van der Waals surface area contributed by atoms with Crippen LogP contribution in [0.1, 0.15) is 119 Å². The third kappa shape index (κ3) is 6.45. The zero-order valence-corrected chi connectivity index (χ0v) is 37.1. The van der Waals surface area contributed by atoms with Crippen LogP contribution < -0.4 is 10.1 Å². The van der Waals surface area contributed by atoms with Gasteiger partial charge in [-0.15, -0.1) is 0 Å². The standard InChI is InChI=1S/C47H71N3O4S2/c1-32(2)34-13-20-47(49-23-25-50-26-29-56(8,53)30-27-50)22-21-44(6)36(39(34)47)9-10-38-43(5)16-14-35(42(3,4)37(43)15-17-45(38,44)7)33-11-18-46(19-12-33,40(51)52)31-54-41-48-24-28-55-41/h11,14,24,28,34,36-39,49H,1,8-10,12-13,15-23,25-27,29-31H2,2-7H3,(H,51,52)/t34-,36+,37-,38+,39+,43-,44+,45+,46?,47-/m0/s1. The van der Waals surface area contributed by atoms with Gasteiger partial charge in [0.25, 0.3) is 5.19 Å². The summed E-state index contributed by atoms with van der Waals surface area (Å²) in [6, 6.07) is 0. The van der Waals surface area contributed by atoms with Crippen LogP contribution in [0.3, 0.4) is 0 Å². The number of ether oxygens (including phenoxy) is 1. The minimum atomic E-state index is -1.87. The second-order valence-corrected chi connectivity index (χ2v) is 24.7. The van der Waals surface area contributed by atoms with Crippen LogP contribution in [0.15, 0.2) is 47.0 Å². The first-order valence-electron chi connectivity index (χ1n) is 22.0. The van der Waals surface area contributed by atoms with Gasteiger partial charge in [0.15, 0.2) is 0 Å². The molecule has 10 atom stereocenters. The van der Waals surface area contributed by atoms with Crippen molar-refractivity contribution in [3.8, 4) is 5.19 Å². The molecule has 9 heteroatoms. The number of thiazole rings is 1. The molecule has 5 fully saturated rings. The van der Waals surface area contributed by atoms with E-state index in [0.717, 1.165) is 50.5 Å². The van der Waals surface area contributed by atoms with E-state index in [2.05, 4.69) is 81.3 Å². The predicted octanol–water partition coefficient (Wildman–Crippen LogP) is 9.27. The number of hydrogen-bond acceptors (Lipinski definition) is 7. The zero-order valence-electron chi connectivity index (χ0n) is 35.4. The summed E-state index contributed by atoms with van der Waals surface area (Å²) in [4.78, 5) is 19.4. The Morgan fingerprint density at radius 1 is 1.00 bits per heavy atom. The van der Waals surface area contributed by atoms with E-state index < -0.39 is 20.9 Å². The van der Waals surface area contributed by atoms with E-state index in [-0.39, 0.29) is 28.4 Å². The summed E-state index contributed by atoms with van der Waals surface area (Å²) in [7, 11) is -1.87. The number of nitrogens with zero attached hydrogens (tertiary/aromatic N) is 2. The van der Waals surface area contributed by atoms with Gasteiger partial charge in [-0.3, -0.25) is 9.00 Å². The number of aromatic nitrogens is 1. The lowest BCUT2D eigenvalue weighted by molar-refractivity contribution is -0.221. The van der Waals surface area contributed by atoms with Crippen molar-refractivity contribution in [2.75, 3.05) is 44.3 Å². The molecule has 1 aliphatic heterocycles. The van der Waals surface area contributed by atoms with Crippen molar-refractivity contribution in [1.82, 2.24) is 15.2 Å². The fourth-order valence-electron chi connectivity index (χ4n) is 15.1. The van der Waals surface area contributed by atoms with E-state index in [1.807, 2.05) is 5.38 Å². The number of rotatable bonds is 10. The van der Waals surface area contributed by atoms with E-state index in [1.54, 1.807) is 6.20 Å². The Hall–Kier alpha value is -1.94. The smallest absolute Gasteiger partial charge is 0.313 e. The molecule has 0 radical (unpaired) electrons. The van der Waals surface area contributed by atoms with E-state index in [1.165, 1.54) is 79.4 Å². The first kappa shape index (κ1) is 40.8. The number of aliphatic carboxylic acids is 1. The molecule has 7 nitrogen and oxygen atoms in total. The molecule has 56 heavy (non-hydrogen) atoms. The monoisotopic (exact) mass is 805 g/mol. The number of nitrogens with one attached hydrogen (secondary N) is 1. The second-order valence-electron chi connectivity index (χ2n) is 21.1. The van der Waals surface area contributed by atoms with Crippen molar-refractivity contribution < 1.29 is 18.8 Å². The van der Waals surface area contributed by atoms with Gasteiger partial charge in [-0.05, 0) is 162 Å². The van der Waals surface area contributed by atoms with E-state index in [9.17, 15) is 14.1 Å². The number of carboxylic acids is 1. The van der Waals surface area contributed by atoms with Gasteiger partial charge in [-0.1, -0.05) is 70.3 Å². The quantitative estimate of drug-likeness (QED) is 0.180. The van der Waals surface area contributed by atoms with Crippen LogP contribution in [0.5, 0.6) is 5.19 Å². The van der Waals surface area contributed by atoms with Crippen LogP contribution in [0.25, 0.3) is 0 Å². The molecule has 1 aromatic rings. The summed E-state index contributed by atoms with van der Waals surface area (Å²) >= 11 is 1.41. The van der Waals surface area contributed by atoms with Gasteiger partial charge in [0.1, 0.15) is 12.0 Å². The van der Waals surface area contributed by atoms with Crippen molar-refractivity contribution in [2.45, 2.75) is 124 Å². The number of fused-ring (bicyclic) bond motifs is 7. The van der Waals surface area contributed by atoms with Gasteiger partial charge < -0.3 is 20.1 Å². The van der Waals surface area contributed by atoms with Gasteiger partial charge in [-0.25, -0.2) is 4.98 Å². The highest BCUT2D eigenvalue weighted by molar-refractivity contribution is 8.00. The van der Waals surface area contributed by atoms with Gasteiger partial charge in [-0.2, -0.15) is 0 Å². The summed E-state index contributed by atoms with van der Waals surface area (Å²) in [5.74, 6) is 7.91. The highest BCUT2D eigenvalue weighted by atomic mass is 32.2. The Morgan fingerprint density at radius 3 is 2.43 bits per heavy atom. The highest BCUT2D eigenvalue weighted by Gasteiger charge is 2.70. The molecule has 1 unspecified atom stereocenters. The lowest BCUT2D eigenvalue weighted by Crippen LogP contribution is -2.68. The van der Waals surface area contributed by atoms with Crippen LogP contribution in [0, 0.1) is 56.7 Å². The molecule has 0 bridgehead atoms. The summed E-state index contributed by atoms with van der Waals surface area (Å²) in [5.41, 5.74) is 4.37. The number of carboxylic acid groups (broad SMARTS) is 1. The molecule has 4 saturated carbocycles. The van der Waals surface area contributed by atoms with Gasteiger partial charge >= 0.3 is 5.97 Å². The molecule has 7 aliphatic rings. The summed E-state index contributed by atoms with van der Waals surface area (Å²) in [6.45, 7) is 24.2. The van der Waals surface area contributed by atoms with Crippen LogP contribution in [0.2, 0.25) is 0 Å². The molecule has 6 aliphatic carbocycles. The van der Waals surface area contributed by atoms with E-state index in [0.29, 0.717) is 53.0 Å². The topological polar surface area (TPSA) is 91.8 Å². The first-order chi connectivity index (χ1) is 26.4. The zero-order chi connectivity index (χ0) is 39.9. The largest absolute Gasteiger partial charge is 0.481 e. The van der Waals surface area contributed by atoms with Crippen molar-refractivity contribution >= 4 is 32.7 Å². The van der Waals surface area contributed by atoms with Crippen molar-refractivity contribution in [1.29, 1.82) is 0 Å². The SMILES string of the molecule is C=C(C)[C@@H]1CC[C@]2(NCCN3CCS(=C)(=O)CC3)CC[C@]3(C)[C@H](CC[C@@H]4[C@@]5(C)CC=C(C6=CCC(COc7nccs7)(C(=O)O)CC6)C(C)(C)[C@@H]5CC[C@]43C)[C@@H]12. The molecule has 1 aromatic heterocycles. The lowest BCUT2D eigenvalue weighted by Gasteiger charge is -2.72. The maximum Gasteiger partial charge on any atom is 0.313 e. The Bertz CT molecular complexity index is 1860. The Labute approximate surface area is 342 Å². The molecule has 8 rings (SSSR count). The summed E-state index contributed by atoms with van der Waals surface area (Å²) < 4.78 is 18.4. The molecular weight excluding hydrogens is 735 g/mol. The Morgan fingerprint density at radius 2 is 1.77 bits per heavy atom. The van der Waals surface area contributed by atoms with Crippen LogP contribution >= 0.6 is 11.3 Å². The molecule has 2 heterocycles. The third-order valence-electron chi connectivity index (χ3n) is 18.4. The molecular formula is C47H71N3O4S2. The van der Waals surface area contributed by atoms with Crippen molar-refractivity contribution in [3.05, 3.63) is 47.0 Å². The third-order valence-corrected chi connectivity index (χ3v) is 20.9. The molecule has 2 N–H and O–H groups in total. The Kier molecular flexibility index (Phi) is 10.5. The fraction of sp³-hybridized carbons (Fsp3) is 0.766. The molecule has 0 spiro atoms. The van der Waals surface area contributed by atoms with Crippen LogP contribution in [0.4, 0.5) is 0 Å². The van der Waals surface area contributed by atoms with Gasteiger partial charge in [0, 0.05) is 54.8 Å². The predicted molar refractivity (Wildman–Crippen MR) is 232 cm³/mol. The van der Waals surface area contributed by atoms with E-state index in [4.69, 9.17) is 4.74 Å². The van der Waals surface area contributed by atoms with Crippen LogP contribution in [-0.4, -0.2) is 80.9 Å². The minimum Gasteiger partial charge on any atom is -0.481 e.